The summed E-state index contributed by atoms with van der Waals surface area (Å²) in [6, 6.07) is 7.55. The number of hydrogen-bond donors (Lipinski definition) is 1. The lowest BCUT2D eigenvalue weighted by atomic mass is 9.75. The number of hydrogen-bond acceptors (Lipinski definition) is 2. The molecule has 1 aromatic carbocycles. The molecule has 0 amide bonds. The number of Topliss-reactive ketones (excluding diaryl/α,β-unsaturated/α-hetero) is 1. The van der Waals surface area contributed by atoms with Crippen molar-refractivity contribution in [1.29, 1.82) is 0 Å². The van der Waals surface area contributed by atoms with Gasteiger partial charge in [-0.15, -0.1) is 0 Å². The minimum Gasteiger partial charge on any atom is -0.481 e. The van der Waals surface area contributed by atoms with E-state index in [1.165, 1.54) is 0 Å². The highest BCUT2D eigenvalue weighted by Gasteiger charge is 2.36. The first-order valence-corrected chi connectivity index (χ1v) is 7.00. The van der Waals surface area contributed by atoms with Crippen molar-refractivity contribution in [2.24, 2.45) is 11.8 Å². The zero-order valence-electron chi connectivity index (χ0n) is 11.3. The molecule has 2 atom stereocenters. The average Bonchev–Trinajstić information content (AvgIpc) is 2.46. The maximum atomic E-state index is 12.6. The van der Waals surface area contributed by atoms with Crippen molar-refractivity contribution in [2.75, 3.05) is 0 Å². The Morgan fingerprint density at radius 1 is 1.16 bits per heavy atom. The highest BCUT2D eigenvalue weighted by atomic mass is 16.4. The van der Waals surface area contributed by atoms with Gasteiger partial charge in [-0.1, -0.05) is 44.0 Å². The molecular formula is C16H20O3. The third-order valence-corrected chi connectivity index (χ3v) is 4.08. The molecule has 0 saturated heterocycles. The van der Waals surface area contributed by atoms with E-state index in [1.54, 1.807) is 0 Å². The normalized spacial score (nSPS) is 23.0. The van der Waals surface area contributed by atoms with Crippen LogP contribution in [0.25, 0.3) is 0 Å². The van der Waals surface area contributed by atoms with E-state index in [2.05, 4.69) is 0 Å². The Kier molecular flexibility index (Phi) is 4.35. The van der Waals surface area contributed by atoms with Gasteiger partial charge in [-0.25, -0.2) is 0 Å². The number of carbonyl (C=O) groups excluding carboxylic acids is 1. The Morgan fingerprint density at radius 3 is 2.42 bits per heavy atom. The molecule has 0 heterocycles. The Hall–Kier alpha value is -1.64. The molecule has 102 valence electrons. The number of carboxylic acid groups (broad SMARTS) is 1. The van der Waals surface area contributed by atoms with Crippen LogP contribution in [-0.4, -0.2) is 16.9 Å². The molecule has 0 radical (unpaired) electrons. The van der Waals surface area contributed by atoms with Crippen LogP contribution in [0.5, 0.6) is 0 Å². The maximum Gasteiger partial charge on any atom is 0.307 e. The average molecular weight is 260 g/mol. The number of carboxylic acids is 1. The monoisotopic (exact) mass is 260 g/mol. The van der Waals surface area contributed by atoms with Gasteiger partial charge in [-0.05, 0) is 24.8 Å². The quantitative estimate of drug-likeness (QED) is 0.845. The summed E-state index contributed by atoms with van der Waals surface area (Å²) in [4.78, 5) is 23.9. The van der Waals surface area contributed by atoms with Crippen molar-refractivity contribution in [3.8, 4) is 0 Å². The van der Waals surface area contributed by atoms with Crippen molar-refractivity contribution in [3.05, 3.63) is 35.4 Å². The van der Waals surface area contributed by atoms with E-state index in [9.17, 15) is 14.7 Å². The van der Waals surface area contributed by atoms with E-state index in [0.29, 0.717) is 18.4 Å². The van der Waals surface area contributed by atoms with Crippen LogP contribution in [0.3, 0.4) is 0 Å². The third-order valence-electron chi connectivity index (χ3n) is 4.08. The first-order valence-electron chi connectivity index (χ1n) is 7.00. The maximum absolute atomic E-state index is 12.6. The minimum absolute atomic E-state index is 0.0181. The van der Waals surface area contributed by atoms with E-state index in [1.807, 2.05) is 31.2 Å². The summed E-state index contributed by atoms with van der Waals surface area (Å²) >= 11 is 0. The molecule has 1 N–H and O–H groups in total. The largest absolute Gasteiger partial charge is 0.481 e. The van der Waals surface area contributed by atoms with Crippen molar-refractivity contribution in [3.63, 3.8) is 0 Å². The molecule has 3 nitrogen and oxygen atoms in total. The zero-order valence-corrected chi connectivity index (χ0v) is 11.3. The molecule has 0 bridgehead atoms. The van der Waals surface area contributed by atoms with Gasteiger partial charge >= 0.3 is 5.97 Å². The number of aliphatic carboxylic acids is 1. The van der Waals surface area contributed by atoms with Crippen LogP contribution in [-0.2, 0) is 11.2 Å². The highest BCUT2D eigenvalue weighted by molar-refractivity contribution is 6.01. The van der Waals surface area contributed by atoms with Gasteiger partial charge in [0.2, 0.25) is 0 Å². The first kappa shape index (κ1) is 13.8. The Balaban J connectivity index is 2.29. The summed E-state index contributed by atoms with van der Waals surface area (Å²) in [5.74, 6) is -1.67. The van der Waals surface area contributed by atoms with Crippen LogP contribution in [0.2, 0.25) is 0 Å². The van der Waals surface area contributed by atoms with Gasteiger partial charge in [0.15, 0.2) is 5.78 Å². The molecule has 2 rings (SSSR count). The van der Waals surface area contributed by atoms with Crippen LogP contribution in [0, 0.1) is 11.8 Å². The van der Waals surface area contributed by atoms with E-state index < -0.39 is 11.9 Å². The Bertz CT molecular complexity index is 479. The van der Waals surface area contributed by atoms with Gasteiger partial charge < -0.3 is 5.11 Å². The zero-order chi connectivity index (χ0) is 13.8. The summed E-state index contributed by atoms with van der Waals surface area (Å²) in [6.07, 6.45) is 3.99. The predicted octanol–water partition coefficient (Wildman–Crippen LogP) is 3.32. The number of benzene rings is 1. The van der Waals surface area contributed by atoms with E-state index in [4.69, 9.17) is 0 Å². The van der Waals surface area contributed by atoms with Gasteiger partial charge in [0.25, 0.3) is 0 Å². The van der Waals surface area contributed by atoms with Crippen LogP contribution < -0.4 is 0 Å². The second kappa shape index (κ2) is 6.00. The molecule has 0 aliphatic heterocycles. The molecule has 0 aromatic heterocycles. The van der Waals surface area contributed by atoms with Crippen LogP contribution in [0.15, 0.2) is 24.3 Å². The van der Waals surface area contributed by atoms with Gasteiger partial charge in [0.05, 0.1) is 5.92 Å². The Morgan fingerprint density at radius 2 is 1.79 bits per heavy atom. The smallest absolute Gasteiger partial charge is 0.307 e. The fourth-order valence-corrected chi connectivity index (χ4v) is 3.01. The van der Waals surface area contributed by atoms with Gasteiger partial charge in [0.1, 0.15) is 0 Å². The lowest BCUT2D eigenvalue weighted by Gasteiger charge is -2.27. The van der Waals surface area contributed by atoms with E-state index in [-0.39, 0.29) is 11.7 Å². The Labute approximate surface area is 113 Å². The molecule has 0 spiro atoms. The summed E-state index contributed by atoms with van der Waals surface area (Å²) in [5, 5.41) is 9.28. The van der Waals surface area contributed by atoms with Crippen molar-refractivity contribution < 1.29 is 14.7 Å². The second-order valence-corrected chi connectivity index (χ2v) is 5.21. The van der Waals surface area contributed by atoms with Crippen LogP contribution in [0.4, 0.5) is 0 Å². The minimum atomic E-state index is -0.827. The van der Waals surface area contributed by atoms with Gasteiger partial charge in [-0.2, -0.15) is 0 Å². The van der Waals surface area contributed by atoms with Crippen LogP contribution in [0.1, 0.15) is 48.5 Å². The molecule has 1 aromatic rings. The lowest BCUT2D eigenvalue weighted by molar-refractivity contribution is -0.144. The molecule has 1 saturated carbocycles. The van der Waals surface area contributed by atoms with Crippen molar-refractivity contribution >= 4 is 11.8 Å². The summed E-state index contributed by atoms with van der Waals surface area (Å²) < 4.78 is 0. The number of ketones is 1. The van der Waals surface area contributed by atoms with E-state index >= 15 is 0 Å². The second-order valence-electron chi connectivity index (χ2n) is 5.21. The van der Waals surface area contributed by atoms with Gasteiger partial charge in [-0.3, -0.25) is 9.59 Å². The molecule has 1 aliphatic rings. The number of aryl methyl sites for hydroxylation is 1. The van der Waals surface area contributed by atoms with Crippen LogP contribution >= 0.6 is 0 Å². The predicted molar refractivity (Wildman–Crippen MR) is 73.2 cm³/mol. The molecule has 1 fully saturated rings. The molecular weight excluding hydrogens is 240 g/mol. The molecule has 19 heavy (non-hydrogen) atoms. The van der Waals surface area contributed by atoms with Crippen molar-refractivity contribution in [1.82, 2.24) is 0 Å². The van der Waals surface area contributed by atoms with Crippen molar-refractivity contribution in [2.45, 2.75) is 39.0 Å². The SMILES string of the molecule is CCc1ccccc1C(=O)[C@H]1CCCC[C@H]1C(=O)O. The lowest BCUT2D eigenvalue weighted by Crippen LogP contribution is -2.33. The number of rotatable bonds is 4. The van der Waals surface area contributed by atoms with Gasteiger partial charge in [0, 0.05) is 11.5 Å². The molecule has 1 aliphatic carbocycles. The first-order chi connectivity index (χ1) is 9.15. The fourth-order valence-electron chi connectivity index (χ4n) is 3.01. The summed E-state index contributed by atoms with van der Waals surface area (Å²) in [6.45, 7) is 2.02. The highest BCUT2D eigenvalue weighted by Crippen LogP contribution is 2.33. The summed E-state index contributed by atoms with van der Waals surface area (Å²) in [7, 11) is 0. The molecule has 3 heteroatoms. The number of carbonyl (C=O) groups is 2. The fraction of sp³-hybridized carbons (Fsp3) is 0.500. The summed E-state index contributed by atoms with van der Waals surface area (Å²) in [5.41, 5.74) is 1.73. The standard InChI is InChI=1S/C16H20O3/c1-2-11-7-3-4-8-12(11)15(17)13-9-5-6-10-14(13)16(18)19/h3-4,7-8,13-14H,2,5-6,9-10H2,1H3,(H,18,19)/t13-,14+/m0/s1. The van der Waals surface area contributed by atoms with E-state index in [0.717, 1.165) is 24.8 Å². The molecule has 0 unspecified atom stereocenters. The third kappa shape index (κ3) is 2.86. The topological polar surface area (TPSA) is 54.4 Å².